The Morgan fingerprint density at radius 3 is 2.54 bits per heavy atom. The molecule has 178 valence electrons. The zero-order valence-electron chi connectivity index (χ0n) is 20.3. The highest BCUT2D eigenvalue weighted by Gasteiger charge is 2.19. The predicted octanol–water partition coefficient (Wildman–Crippen LogP) is 4.45. The molecule has 0 amide bonds. The van der Waals surface area contributed by atoms with Crippen molar-refractivity contribution in [2.45, 2.75) is 20.4 Å². The van der Waals surface area contributed by atoms with E-state index in [4.69, 9.17) is 15.7 Å². The van der Waals surface area contributed by atoms with Gasteiger partial charge in [0.25, 0.3) is 0 Å². The predicted molar refractivity (Wildman–Crippen MR) is 143 cm³/mol. The number of allylic oxidation sites excluding steroid dienone is 4. The molecule has 1 aliphatic heterocycles. The van der Waals surface area contributed by atoms with Gasteiger partial charge in [0.05, 0.1) is 11.3 Å². The van der Waals surface area contributed by atoms with E-state index in [1.165, 1.54) is 5.56 Å². The Balaban J connectivity index is 1.62. The van der Waals surface area contributed by atoms with Gasteiger partial charge in [-0.3, -0.25) is 9.47 Å². The number of rotatable bonds is 6. The summed E-state index contributed by atoms with van der Waals surface area (Å²) in [6, 6.07) is 16.6. The van der Waals surface area contributed by atoms with Crippen molar-refractivity contribution in [3.63, 3.8) is 0 Å². The number of hydrogen-bond donors (Lipinski definition) is 2. The first kappa shape index (κ1) is 23.0. The highest BCUT2D eigenvalue weighted by Crippen LogP contribution is 2.31. The van der Waals surface area contributed by atoms with Crippen LogP contribution in [-0.2, 0) is 6.54 Å². The SMILES string of the molecule is C/C=C\C(=C/C)c1ccc2nc(-c3cccnc3N)n(-c3ccc(CN4CCNCC4)cc3)c2n1. The molecule has 7 nitrogen and oxygen atoms in total. The Kier molecular flexibility index (Phi) is 6.70. The smallest absolute Gasteiger partial charge is 0.165 e. The number of fused-ring (bicyclic) bond motifs is 1. The average Bonchev–Trinajstić information content (AvgIpc) is 3.27. The maximum atomic E-state index is 6.28. The quantitative estimate of drug-likeness (QED) is 0.409. The summed E-state index contributed by atoms with van der Waals surface area (Å²) in [5, 5.41) is 3.41. The van der Waals surface area contributed by atoms with Crippen LogP contribution in [0.4, 0.5) is 5.82 Å². The van der Waals surface area contributed by atoms with Crippen molar-refractivity contribution in [1.29, 1.82) is 0 Å². The van der Waals surface area contributed by atoms with Crippen molar-refractivity contribution < 1.29 is 0 Å². The van der Waals surface area contributed by atoms with Crippen molar-refractivity contribution in [2.75, 3.05) is 31.9 Å². The van der Waals surface area contributed by atoms with E-state index in [0.717, 1.165) is 72.2 Å². The van der Waals surface area contributed by atoms with Gasteiger partial charge in [-0.2, -0.15) is 0 Å². The lowest BCUT2D eigenvalue weighted by Crippen LogP contribution is -2.42. The first-order valence-electron chi connectivity index (χ1n) is 12.1. The minimum Gasteiger partial charge on any atom is -0.383 e. The average molecular weight is 466 g/mol. The topological polar surface area (TPSA) is 84.9 Å². The van der Waals surface area contributed by atoms with Crippen molar-refractivity contribution in [2.24, 2.45) is 0 Å². The van der Waals surface area contributed by atoms with Gasteiger partial charge in [-0.15, -0.1) is 0 Å². The molecule has 4 aromatic rings. The molecule has 3 aromatic heterocycles. The monoisotopic (exact) mass is 465 g/mol. The second-order valence-corrected chi connectivity index (χ2v) is 8.68. The molecule has 7 heteroatoms. The molecule has 1 aliphatic rings. The highest BCUT2D eigenvalue weighted by molar-refractivity contribution is 5.85. The largest absolute Gasteiger partial charge is 0.383 e. The first-order chi connectivity index (χ1) is 17.2. The number of imidazole rings is 1. The van der Waals surface area contributed by atoms with Crippen LogP contribution in [0.5, 0.6) is 0 Å². The van der Waals surface area contributed by atoms with Gasteiger partial charge >= 0.3 is 0 Å². The maximum Gasteiger partial charge on any atom is 0.165 e. The molecule has 1 aromatic carbocycles. The van der Waals surface area contributed by atoms with Crippen LogP contribution in [0.2, 0.25) is 0 Å². The van der Waals surface area contributed by atoms with Gasteiger partial charge in [-0.25, -0.2) is 15.0 Å². The van der Waals surface area contributed by atoms with Crippen LogP contribution in [0.3, 0.4) is 0 Å². The number of piperazine rings is 1. The van der Waals surface area contributed by atoms with Crippen LogP contribution in [0.1, 0.15) is 25.1 Å². The summed E-state index contributed by atoms with van der Waals surface area (Å²) >= 11 is 0. The van der Waals surface area contributed by atoms with Crippen molar-refractivity contribution in [3.05, 3.63) is 84.2 Å². The van der Waals surface area contributed by atoms with Crippen LogP contribution in [-0.4, -0.2) is 50.6 Å². The second-order valence-electron chi connectivity index (χ2n) is 8.68. The van der Waals surface area contributed by atoms with Crippen LogP contribution in [0.15, 0.2) is 73.0 Å². The van der Waals surface area contributed by atoms with E-state index in [2.05, 4.69) is 56.2 Å². The van der Waals surface area contributed by atoms with Crippen molar-refractivity contribution >= 4 is 22.6 Å². The Hall–Kier alpha value is -3.81. The Bertz CT molecular complexity index is 1380. The summed E-state index contributed by atoms with van der Waals surface area (Å²) in [5.74, 6) is 1.18. The summed E-state index contributed by atoms with van der Waals surface area (Å²) in [4.78, 5) is 16.8. The molecule has 1 saturated heterocycles. The third-order valence-corrected chi connectivity index (χ3v) is 6.35. The number of benzene rings is 1. The van der Waals surface area contributed by atoms with Gasteiger partial charge in [0.2, 0.25) is 0 Å². The fourth-order valence-corrected chi connectivity index (χ4v) is 4.54. The van der Waals surface area contributed by atoms with Gasteiger partial charge in [0.15, 0.2) is 11.5 Å². The summed E-state index contributed by atoms with van der Waals surface area (Å²) in [6.07, 6.45) is 7.86. The number of hydrogen-bond acceptors (Lipinski definition) is 6. The number of nitrogens with zero attached hydrogens (tertiary/aromatic N) is 5. The van der Waals surface area contributed by atoms with E-state index in [9.17, 15) is 0 Å². The van der Waals surface area contributed by atoms with E-state index in [1.807, 2.05) is 44.2 Å². The number of pyridine rings is 2. The second kappa shape index (κ2) is 10.2. The summed E-state index contributed by atoms with van der Waals surface area (Å²) in [6.45, 7) is 9.23. The lowest BCUT2D eigenvalue weighted by Gasteiger charge is -2.27. The van der Waals surface area contributed by atoms with Crippen LogP contribution in [0, 0.1) is 0 Å². The first-order valence-corrected chi connectivity index (χ1v) is 12.1. The van der Waals surface area contributed by atoms with Gasteiger partial charge in [-0.1, -0.05) is 30.4 Å². The standard InChI is InChI=1S/C28H31N7/c1-3-6-21(4-2)24-12-13-25-28(32-24)35(27(33-25)23-7-5-14-31-26(23)29)22-10-8-20(9-11-22)19-34-17-15-30-16-18-34/h3-14,30H,15-19H2,1-2H3,(H2,29,31)/b6-3-,21-4+. The van der Waals surface area contributed by atoms with Crippen molar-refractivity contribution in [3.8, 4) is 17.1 Å². The highest BCUT2D eigenvalue weighted by atomic mass is 15.2. The molecule has 0 atom stereocenters. The zero-order valence-corrected chi connectivity index (χ0v) is 20.3. The van der Waals surface area contributed by atoms with E-state index in [1.54, 1.807) is 6.20 Å². The van der Waals surface area contributed by atoms with Crippen molar-refractivity contribution in [1.82, 2.24) is 29.7 Å². The number of nitrogens with one attached hydrogen (secondary N) is 1. The zero-order chi connectivity index (χ0) is 24.2. The number of nitrogen functional groups attached to an aromatic ring is 1. The van der Waals surface area contributed by atoms with E-state index < -0.39 is 0 Å². The summed E-state index contributed by atoms with van der Waals surface area (Å²) < 4.78 is 2.09. The molecule has 0 radical (unpaired) electrons. The third kappa shape index (κ3) is 4.73. The molecule has 0 bridgehead atoms. The molecule has 5 rings (SSSR count). The Labute approximate surface area is 206 Å². The fourth-order valence-electron chi connectivity index (χ4n) is 4.54. The molecule has 1 fully saturated rings. The van der Waals surface area contributed by atoms with Crippen LogP contribution >= 0.6 is 0 Å². The molecular formula is C28H31N7. The lowest BCUT2D eigenvalue weighted by atomic mass is 10.1. The maximum absolute atomic E-state index is 6.28. The minimum atomic E-state index is 0.447. The molecule has 3 N–H and O–H groups in total. The van der Waals surface area contributed by atoms with Crippen LogP contribution in [0.25, 0.3) is 33.8 Å². The van der Waals surface area contributed by atoms with Gasteiger partial charge in [-0.05, 0) is 61.4 Å². The number of aromatic nitrogens is 4. The van der Waals surface area contributed by atoms with E-state index in [0.29, 0.717) is 5.82 Å². The minimum absolute atomic E-state index is 0.447. The number of nitrogens with two attached hydrogens (primary N) is 1. The Morgan fingerprint density at radius 1 is 1.03 bits per heavy atom. The van der Waals surface area contributed by atoms with E-state index in [-0.39, 0.29) is 0 Å². The molecule has 0 saturated carbocycles. The molecule has 35 heavy (non-hydrogen) atoms. The lowest BCUT2D eigenvalue weighted by molar-refractivity contribution is 0.233. The molecular weight excluding hydrogens is 434 g/mol. The third-order valence-electron chi connectivity index (χ3n) is 6.35. The Morgan fingerprint density at radius 2 is 1.83 bits per heavy atom. The van der Waals surface area contributed by atoms with Gasteiger partial charge in [0.1, 0.15) is 11.3 Å². The molecule has 0 spiro atoms. The summed E-state index contributed by atoms with van der Waals surface area (Å²) in [5.41, 5.74) is 12.9. The fraction of sp³-hybridized carbons (Fsp3) is 0.250. The van der Waals surface area contributed by atoms with Crippen LogP contribution < -0.4 is 11.1 Å². The molecule has 0 unspecified atom stereocenters. The van der Waals surface area contributed by atoms with Gasteiger partial charge in [0, 0.05) is 44.6 Å². The summed E-state index contributed by atoms with van der Waals surface area (Å²) in [7, 11) is 0. The van der Waals surface area contributed by atoms with E-state index >= 15 is 0 Å². The molecule has 0 aliphatic carbocycles. The van der Waals surface area contributed by atoms with Gasteiger partial charge < -0.3 is 11.1 Å². The molecule has 4 heterocycles. The normalized spacial score (nSPS) is 15.3. The number of anilines is 1.